The first-order valence-electron chi connectivity index (χ1n) is 10.7. The molecule has 5 nitrogen and oxygen atoms in total. The first kappa shape index (κ1) is 27.1. The maximum Gasteiger partial charge on any atom is 0.416 e. The third kappa shape index (κ3) is 6.86. The molecule has 4 aromatic rings. The lowest BCUT2D eigenvalue weighted by Gasteiger charge is -2.16. The number of rotatable bonds is 5. The van der Waals surface area contributed by atoms with Crippen molar-refractivity contribution in [2.75, 3.05) is 16.0 Å². The molecule has 0 bridgehead atoms. The van der Waals surface area contributed by atoms with Crippen LogP contribution in [0.2, 0.25) is 0 Å². The smallest absolute Gasteiger partial charge is 0.332 e. The summed E-state index contributed by atoms with van der Waals surface area (Å²) in [4.78, 5) is 16.9. The highest BCUT2D eigenvalue weighted by molar-refractivity contribution is 7.80. The van der Waals surface area contributed by atoms with Gasteiger partial charge in [-0.1, -0.05) is 30.3 Å². The van der Waals surface area contributed by atoms with Crippen molar-refractivity contribution in [2.24, 2.45) is 0 Å². The number of thiocarbonyl (C=S) groups is 1. The van der Waals surface area contributed by atoms with E-state index in [1.165, 1.54) is 23.5 Å². The van der Waals surface area contributed by atoms with Crippen molar-refractivity contribution >= 4 is 51.6 Å². The summed E-state index contributed by atoms with van der Waals surface area (Å²) >= 11 is 6.37. The number of hydrogen-bond donors (Lipinski definition) is 3. The van der Waals surface area contributed by atoms with Crippen LogP contribution in [0.25, 0.3) is 10.6 Å². The normalized spacial score (nSPS) is 11.6. The Bertz CT molecular complexity index is 1420. The van der Waals surface area contributed by atoms with Gasteiger partial charge in [0, 0.05) is 28.0 Å². The zero-order chi connectivity index (χ0) is 27.5. The fourth-order valence-electron chi connectivity index (χ4n) is 3.24. The average molecular weight is 567 g/mol. The molecule has 0 radical (unpaired) electrons. The minimum absolute atomic E-state index is 0.0305. The van der Waals surface area contributed by atoms with E-state index in [9.17, 15) is 31.1 Å². The van der Waals surface area contributed by atoms with E-state index in [1.54, 1.807) is 17.5 Å². The highest BCUT2D eigenvalue weighted by Crippen LogP contribution is 2.37. The summed E-state index contributed by atoms with van der Waals surface area (Å²) < 4.78 is 78.4. The Hall–Kier alpha value is -3.97. The molecule has 0 aliphatic carbocycles. The number of hydrogen-bond acceptors (Lipinski definition) is 4. The van der Waals surface area contributed by atoms with Crippen LogP contribution in [0.1, 0.15) is 21.6 Å². The fraction of sp³-hybridized carbons (Fsp3) is 0.0800. The fourth-order valence-corrected chi connectivity index (χ4v) is 4.29. The van der Waals surface area contributed by atoms with Crippen molar-refractivity contribution in [3.63, 3.8) is 0 Å². The second-order valence-electron chi connectivity index (χ2n) is 7.81. The number of halogens is 6. The van der Waals surface area contributed by atoms with Crippen molar-refractivity contribution in [1.29, 1.82) is 0 Å². The third-order valence-corrected chi connectivity index (χ3v) is 6.10. The number of nitrogens with zero attached hydrogens (tertiary/aromatic N) is 1. The highest BCUT2D eigenvalue weighted by Gasteiger charge is 2.37. The molecule has 196 valence electrons. The van der Waals surface area contributed by atoms with Crippen LogP contribution in [0.5, 0.6) is 0 Å². The molecule has 0 saturated heterocycles. The molecule has 4 rings (SSSR count). The molecule has 3 N–H and O–H groups in total. The molecule has 0 atom stereocenters. The van der Waals surface area contributed by atoms with Gasteiger partial charge in [-0.3, -0.25) is 4.79 Å². The maximum absolute atomic E-state index is 13.1. The van der Waals surface area contributed by atoms with Gasteiger partial charge in [-0.2, -0.15) is 26.3 Å². The van der Waals surface area contributed by atoms with Gasteiger partial charge in [0.25, 0.3) is 5.91 Å². The van der Waals surface area contributed by atoms with Crippen molar-refractivity contribution in [1.82, 2.24) is 4.98 Å². The molecular weight excluding hydrogens is 550 g/mol. The van der Waals surface area contributed by atoms with Gasteiger partial charge in [0.1, 0.15) is 10.7 Å². The van der Waals surface area contributed by atoms with E-state index in [4.69, 9.17) is 12.2 Å². The molecule has 0 saturated carbocycles. The van der Waals surface area contributed by atoms with Crippen LogP contribution < -0.4 is 16.0 Å². The molecule has 0 aliphatic rings. The molecule has 1 amide bonds. The Morgan fingerprint density at radius 3 is 1.82 bits per heavy atom. The quantitative estimate of drug-likeness (QED) is 0.169. The molecule has 13 heteroatoms. The summed E-state index contributed by atoms with van der Waals surface area (Å²) in [5.74, 6) is -0.425. The second-order valence-corrected chi connectivity index (χ2v) is 9.08. The Labute approximate surface area is 221 Å². The van der Waals surface area contributed by atoms with Gasteiger partial charge in [-0.25, -0.2) is 4.98 Å². The van der Waals surface area contributed by atoms with Gasteiger partial charge in [0.15, 0.2) is 5.11 Å². The van der Waals surface area contributed by atoms with Crippen LogP contribution in [-0.2, 0) is 12.4 Å². The third-order valence-electron chi connectivity index (χ3n) is 5.00. The Morgan fingerprint density at radius 2 is 1.26 bits per heavy atom. The summed E-state index contributed by atoms with van der Waals surface area (Å²) in [7, 11) is 0. The SMILES string of the molecule is O=C(Nc1ccc(NC(=S)Nc2cc(C(F)(F)F)cc(C(F)(F)F)c2)cc1)c1csc(-c2ccccc2)n1. The van der Waals surface area contributed by atoms with E-state index >= 15 is 0 Å². The monoisotopic (exact) mass is 566 g/mol. The first-order chi connectivity index (χ1) is 17.9. The lowest BCUT2D eigenvalue weighted by molar-refractivity contribution is -0.143. The van der Waals surface area contributed by atoms with E-state index in [0.29, 0.717) is 28.5 Å². The minimum Gasteiger partial charge on any atom is -0.332 e. The summed E-state index contributed by atoms with van der Waals surface area (Å²) in [6.07, 6.45) is -9.96. The van der Waals surface area contributed by atoms with Crippen LogP contribution in [0.3, 0.4) is 0 Å². The van der Waals surface area contributed by atoms with E-state index in [2.05, 4.69) is 20.9 Å². The van der Waals surface area contributed by atoms with Crippen molar-refractivity contribution in [3.05, 3.63) is 95.0 Å². The number of amides is 1. The Morgan fingerprint density at radius 1 is 0.737 bits per heavy atom. The number of carbonyl (C=O) groups is 1. The second kappa shape index (κ2) is 10.8. The average Bonchev–Trinajstić information content (AvgIpc) is 3.35. The zero-order valence-electron chi connectivity index (χ0n) is 18.9. The Kier molecular flexibility index (Phi) is 7.69. The van der Waals surface area contributed by atoms with Gasteiger partial charge in [0.2, 0.25) is 0 Å². The van der Waals surface area contributed by atoms with Gasteiger partial charge in [0.05, 0.1) is 11.1 Å². The maximum atomic E-state index is 13.1. The molecular formula is C25H16F6N4OS2. The number of benzene rings is 3. The molecule has 3 aromatic carbocycles. The number of carbonyl (C=O) groups excluding carboxylic acids is 1. The number of anilines is 3. The predicted molar refractivity (Wildman–Crippen MR) is 138 cm³/mol. The highest BCUT2D eigenvalue weighted by atomic mass is 32.1. The molecule has 0 unspecified atom stereocenters. The summed E-state index contributed by atoms with van der Waals surface area (Å²) in [5.41, 5.74) is -1.48. The van der Waals surface area contributed by atoms with Crippen LogP contribution in [0.15, 0.2) is 78.2 Å². The van der Waals surface area contributed by atoms with Gasteiger partial charge >= 0.3 is 12.4 Å². The molecule has 0 aliphatic heterocycles. The van der Waals surface area contributed by atoms with Crippen LogP contribution >= 0.6 is 23.6 Å². The number of aromatic nitrogens is 1. The predicted octanol–water partition coefficient (Wildman–Crippen LogP) is 7.91. The van der Waals surface area contributed by atoms with Gasteiger partial charge < -0.3 is 16.0 Å². The molecule has 0 spiro atoms. The number of thiazole rings is 1. The van der Waals surface area contributed by atoms with E-state index < -0.39 is 35.1 Å². The summed E-state index contributed by atoms with van der Waals surface area (Å²) in [6.45, 7) is 0. The van der Waals surface area contributed by atoms with E-state index in [1.807, 2.05) is 30.3 Å². The topological polar surface area (TPSA) is 66.1 Å². The van der Waals surface area contributed by atoms with Gasteiger partial charge in [-0.15, -0.1) is 11.3 Å². The van der Waals surface area contributed by atoms with Crippen LogP contribution in [-0.4, -0.2) is 16.0 Å². The number of nitrogens with one attached hydrogen (secondary N) is 3. The molecule has 38 heavy (non-hydrogen) atoms. The van der Waals surface area contributed by atoms with Crippen molar-refractivity contribution in [2.45, 2.75) is 12.4 Å². The molecule has 1 heterocycles. The Balaban J connectivity index is 1.39. The van der Waals surface area contributed by atoms with Crippen molar-refractivity contribution < 1.29 is 31.1 Å². The van der Waals surface area contributed by atoms with Gasteiger partial charge in [-0.05, 0) is 54.7 Å². The summed E-state index contributed by atoms with van der Waals surface area (Å²) in [5, 5.41) is 9.82. The lowest BCUT2D eigenvalue weighted by Crippen LogP contribution is -2.20. The van der Waals surface area contributed by atoms with Crippen LogP contribution in [0.4, 0.5) is 43.4 Å². The number of alkyl halides is 6. The van der Waals surface area contributed by atoms with Crippen molar-refractivity contribution in [3.8, 4) is 10.6 Å². The largest absolute Gasteiger partial charge is 0.416 e. The molecule has 0 fully saturated rings. The first-order valence-corrected chi connectivity index (χ1v) is 12.0. The lowest BCUT2D eigenvalue weighted by atomic mass is 10.1. The summed E-state index contributed by atoms with van der Waals surface area (Å²) in [6, 6.07) is 16.6. The zero-order valence-corrected chi connectivity index (χ0v) is 20.6. The molecule has 1 aromatic heterocycles. The standard InChI is InChI=1S/C25H16F6N4OS2/c26-24(27,28)15-10-16(25(29,30)31)12-19(11-15)34-23(37)33-18-8-6-17(7-9-18)32-21(36)20-13-38-22(35-20)14-4-2-1-3-5-14/h1-13H,(H,32,36)(H2,33,34,37). The van der Waals surface area contributed by atoms with E-state index in [0.717, 1.165) is 5.56 Å². The minimum atomic E-state index is -4.98. The van der Waals surface area contributed by atoms with Crippen LogP contribution in [0, 0.1) is 0 Å². The van der Waals surface area contributed by atoms with E-state index in [-0.39, 0.29) is 16.9 Å².